The van der Waals surface area contributed by atoms with Crippen LogP contribution in [-0.2, 0) is 0 Å². The van der Waals surface area contributed by atoms with Crippen LogP contribution in [0.25, 0.3) is 16.6 Å². The number of pyridine rings is 2. The van der Waals surface area contributed by atoms with Crippen molar-refractivity contribution in [3.05, 3.63) is 101 Å². The third-order valence-corrected chi connectivity index (χ3v) is 7.03. The fraction of sp³-hybridized carbons (Fsp3) is 0.176. The summed E-state index contributed by atoms with van der Waals surface area (Å²) in [5.74, 6) is -0.807. The van der Waals surface area contributed by atoms with Crippen LogP contribution in [-0.4, -0.2) is 55.1 Å². The number of hydrogen-bond donors (Lipinski definition) is 1. The highest BCUT2D eigenvalue weighted by Gasteiger charge is 2.25. The molecule has 1 amide bonds. The number of hydrogen-bond acceptors (Lipinski definition) is 9. The van der Waals surface area contributed by atoms with Gasteiger partial charge in [-0.2, -0.15) is 0 Å². The molecule has 6 rings (SSSR count). The Morgan fingerprint density at radius 1 is 0.979 bits per heavy atom. The van der Waals surface area contributed by atoms with E-state index in [2.05, 4.69) is 15.3 Å². The highest BCUT2D eigenvalue weighted by Crippen LogP contribution is 2.48. The minimum absolute atomic E-state index is 0.0416. The summed E-state index contributed by atoms with van der Waals surface area (Å²) in [5.41, 5.74) is -0.132. The molecule has 2 aromatic heterocycles. The molecule has 1 aliphatic heterocycles. The van der Waals surface area contributed by atoms with E-state index in [9.17, 15) is 14.0 Å². The third kappa shape index (κ3) is 6.41. The van der Waals surface area contributed by atoms with Crippen LogP contribution in [0.4, 0.5) is 14.5 Å². The topological polar surface area (TPSA) is 123 Å². The number of nitrogens with zero attached hydrogens (tertiary/aromatic N) is 3. The number of halogens is 2. The maximum atomic E-state index is 15.5. The second-order valence-corrected chi connectivity index (χ2v) is 10.0. The Morgan fingerprint density at radius 2 is 1.77 bits per heavy atom. The van der Waals surface area contributed by atoms with E-state index < -0.39 is 23.1 Å². The fourth-order valence-corrected chi connectivity index (χ4v) is 4.95. The Bertz CT molecular complexity index is 2050. The first-order chi connectivity index (χ1) is 22.9. The molecule has 1 aliphatic rings. The first kappa shape index (κ1) is 31.0. The Labute approximate surface area is 267 Å². The van der Waals surface area contributed by atoms with Crippen molar-refractivity contribution in [3.63, 3.8) is 0 Å². The molecule has 3 heterocycles. The molecule has 0 saturated carbocycles. The van der Waals surface area contributed by atoms with Gasteiger partial charge in [0, 0.05) is 49.2 Å². The molecule has 47 heavy (non-hydrogen) atoms. The molecule has 13 heteroatoms. The van der Waals surface area contributed by atoms with Gasteiger partial charge in [-0.05, 0) is 55.5 Å². The summed E-state index contributed by atoms with van der Waals surface area (Å²) in [6.07, 6.45) is 4.53. The lowest BCUT2D eigenvalue weighted by molar-refractivity contribution is 0.102. The predicted molar refractivity (Wildman–Crippen MR) is 170 cm³/mol. The van der Waals surface area contributed by atoms with E-state index in [1.165, 1.54) is 59.4 Å². The van der Waals surface area contributed by atoms with Crippen molar-refractivity contribution in [2.24, 2.45) is 4.99 Å². The quantitative estimate of drug-likeness (QED) is 0.185. The number of ether oxygens (including phenoxy) is 5. The first-order valence-electron chi connectivity index (χ1n) is 14.6. The van der Waals surface area contributed by atoms with Gasteiger partial charge < -0.3 is 29.0 Å². The molecule has 0 aliphatic carbocycles. The number of amides is 1. The molecular formula is C34H28F2N4O7. The number of carbonyl (C=O) groups is 1. The highest BCUT2D eigenvalue weighted by atomic mass is 19.1. The van der Waals surface area contributed by atoms with E-state index in [1.54, 1.807) is 32.3 Å². The average Bonchev–Trinajstić information content (AvgIpc) is 3.07. The van der Waals surface area contributed by atoms with Crippen LogP contribution in [0, 0.1) is 11.6 Å². The fourth-order valence-electron chi connectivity index (χ4n) is 4.95. The largest absolute Gasteiger partial charge is 0.493 e. The van der Waals surface area contributed by atoms with Crippen LogP contribution in [0.3, 0.4) is 0 Å². The summed E-state index contributed by atoms with van der Waals surface area (Å²) in [6.45, 7) is 2.69. The maximum Gasteiger partial charge on any atom is 0.271 e. The van der Waals surface area contributed by atoms with Gasteiger partial charge in [-0.1, -0.05) is 0 Å². The van der Waals surface area contributed by atoms with E-state index in [-0.39, 0.29) is 48.3 Å². The molecule has 0 radical (unpaired) electrons. The second kappa shape index (κ2) is 13.6. The molecule has 0 bridgehead atoms. The number of carbonyl (C=O) groups excluding carboxylic acids is 1. The SMILES string of the molecule is CCOc1ccn(-c2ccc(F)cc2)c(=O)c1C(=O)Nc1ccc(Oc2ccnc3cc(OCC=NC)c4c(c23)OCCO4)c(F)c1. The number of fused-ring (bicyclic) bond motifs is 3. The summed E-state index contributed by atoms with van der Waals surface area (Å²) in [6, 6.07) is 13.7. The van der Waals surface area contributed by atoms with E-state index >= 15 is 4.39 Å². The van der Waals surface area contributed by atoms with Crippen LogP contribution in [0.1, 0.15) is 17.3 Å². The molecule has 5 aromatic rings. The second-order valence-electron chi connectivity index (χ2n) is 10.0. The van der Waals surface area contributed by atoms with Gasteiger partial charge in [0.1, 0.15) is 42.7 Å². The molecule has 0 fully saturated rings. The van der Waals surface area contributed by atoms with Crippen molar-refractivity contribution in [1.29, 1.82) is 0 Å². The van der Waals surface area contributed by atoms with Crippen molar-refractivity contribution in [2.75, 3.05) is 38.8 Å². The van der Waals surface area contributed by atoms with Crippen molar-refractivity contribution in [2.45, 2.75) is 6.92 Å². The number of aliphatic imine (C=N–C) groups is 1. The molecule has 0 saturated heterocycles. The smallest absolute Gasteiger partial charge is 0.271 e. The number of rotatable bonds is 10. The lowest BCUT2D eigenvalue weighted by atomic mass is 10.1. The summed E-state index contributed by atoms with van der Waals surface area (Å²) >= 11 is 0. The molecule has 1 N–H and O–H groups in total. The normalized spacial score (nSPS) is 12.3. The summed E-state index contributed by atoms with van der Waals surface area (Å²) in [7, 11) is 1.64. The Balaban J connectivity index is 1.28. The van der Waals surface area contributed by atoms with Crippen LogP contribution in [0.5, 0.6) is 34.5 Å². The van der Waals surface area contributed by atoms with Crippen LogP contribution < -0.4 is 34.6 Å². The summed E-state index contributed by atoms with van der Waals surface area (Å²) in [4.78, 5) is 35.1. The van der Waals surface area contributed by atoms with Gasteiger partial charge >= 0.3 is 0 Å². The Morgan fingerprint density at radius 3 is 2.51 bits per heavy atom. The molecule has 240 valence electrons. The van der Waals surface area contributed by atoms with E-state index in [0.29, 0.717) is 40.4 Å². The monoisotopic (exact) mass is 642 g/mol. The van der Waals surface area contributed by atoms with Crippen LogP contribution in [0.15, 0.2) is 82.8 Å². The number of anilines is 1. The first-order valence-corrected chi connectivity index (χ1v) is 14.6. The molecule has 0 spiro atoms. The van der Waals surface area contributed by atoms with Gasteiger partial charge in [-0.3, -0.25) is 24.1 Å². The zero-order chi connectivity index (χ0) is 32.9. The van der Waals surface area contributed by atoms with Crippen molar-refractivity contribution in [1.82, 2.24) is 9.55 Å². The van der Waals surface area contributed by atoms with Crippen molar-refractivity contribution < 1.29 is 37.3 Å². The lowest BCUT2D eigenvalue weighted by Gasteiger charge is -2.23. The zero-order valence-corrected chi connectivity index (χ0v) is 25.3. The van der Waals surface area contributed by atoms with Gasteiger partial charge in [0.25, 0.3) is 11.5 Å². The summed E-state index contributed by atoms with van der Waals surface area (Å²) in [5, 5.41) is 3.02. The van der Waals surface area contributed by atoms with E-state index in [1.807, 2.05) is 0 Å². The highest BCUT2D eigenvalue weighted by molar-refractivity contribution is 6.06. The maximum absolute atomic E-state index is 15.5. The Kier molecular flexibility index (Phi) is 8.95. The van der Waals surface area contributed by atoms with Crippen LogP contribution in [0.2, 0.25) is 0 Å². The molecule has 0 unspecified atom stereocenters. The molecular weight excluding hydrogens is 614 g/mol. The van der Waals surface area contributed by atoms with Crippen LogP contribution >= 0.6 is 0 Å². The predicted octanol–water partition coefficient (Wildman–Crippen LogP) is 5.96. The van der Waals surface area contributed by atoms with E-state index in [4.69, 9.17) is 23.7 Å². The average molecular weight is 643 g/mol. The van der Waals surface area contributed by atoms with E-state index in [0.717, 1.165) is 6.07 Å². The van der Waals surface area contributed by atoms with Gasteiger partial charge in [0.15, 0.2) is 23.1 Å². The van der Waals surface area contributed by atoms with Crippen molar-refractivity contribution >= 4 is 28.7 Å². The number of benzene rings is 3. The lowest BCUT2D eigenvalue weighted by Crippen LogP contribution is -2.29. The standard InChI is InChI=1S/C34H28F2N4O7/c1-3-43-26-11-14-40(22-7-4-20(35)5-8-22)34(42)30(26)33(41)39-21-6-9-25(23(36)18-21)47-27-10-12-38-24-19-28(44-15-13-37-2)31-32(29(24)27)46-17-16-45-31/h4-14,18-19H,3,15-17H2,1-2H3,(H,39,41). The Hall–Kier alpha value is -5.98. The molecule has 3 aromatic carbocycles. The van der Waals surface area contributed by atoms with Gasteiger partial charge in [-0.15, -0.1) is 0 Å². The molecule has 0 atom stereocenters. The number of aromatic nitrogens is 2. The van der Waals surface area contributed by atoms with Gasteiger partial charge in [0.05, 0.1) is 17.5 Å². The number of nitrogens with one attached hydrogen (secondary N) is 1. The van der Waals surface area contributed by atoms with Crippen molar-refractivity contribution in [3.8, 4) is 40.2 Å². The minimum Gasteiger partial charge on any atom is -0.493 e. The van der Waals surface area contributed by atoms with Gasteiger partial charge in [0.2, 0.25) is 5.75 Å². The molecule has 11 nitrogen and oxygen atoms in total. The third-order valence-electron chi connectivity index (χ3n) is 7.03. The van der Waals surface area contributed by atoms with Gasteiger partial charge in [-0.25, -0.2) is 8.78 Å². The zero-order valence-electron chi connectivity index (χ0n) is 25.3. The summed E-state index contributed by atoms with van der Waals surface area (Å²) < 4.78 is 59.2. The minimum atomic E-state index is -0.824.